The van der Waals surface area contributed by atoms with Crippen molar-refractivity contribution in [3.8, 4) is 6.07 Å². The molecule has 0 aromatic heterocycles. The molecule has 0 saturated heterocycles. The summed E-state index contributed by atoms with van der Waals surface area (Å²) in [7, 11) is 1.31. The molecule has 0 heterocycles. The van der Waals surface area contributed by atoms with Crippen molar-refractivity contribution in [3.63, 3.8) is 0 Å². The van der Waals surface area contributed by atoms with Crippen LogP contribution in [0.5, 0.6) is 0 Å². The molecule has 0 fully saturated rings. The van der Waals surface area contributed by atoms with E-state index in [1.54, 1.807) is 0 Å². The molecule has 2 N–H and O–H groups in total. The molecular weight excluding hydrogens is 222 g/mol. The van der Waals surface area contributed by atoms with Crippen LogP contribution in [-0.4, -0.2) is 38.1 Å². The zero-order valence-corrected chi connectivity index (χ0v) is 10.4. The van der Waals surface area contributed by atoms with Gasteiger partial charge in [0.2, 0.25) is 5.91 Å². The summed E-state index contributed by atoms with van der Waals surface area (Å²) in [5, 5.41) is 13.7. The molecule has 6 nitrogen and oxygen atoms in total. The molecule has 96 valence electrons. The van der Waals surface area contributed by atoms with E-state index in [1.807, 2.05) is 19.9 Å². The Morgan fingerprint density at radius 1 is 1.41 bits per heavy atom. The number of nitrogens with one attached hydrogen (secondary N) is 2. The summed E-state index contributed by atoms with van der Waals surface area (Å²) < 4.78 is 4.63. The molecule has 0 saturated carbocycles. The minimum absolute atomic E-state index is 0.0311. The molecule has 0 radical (unpaired) electrons. The second kappa shape index (κ2) is 8.53. The van der Waals surface area contributed by atoms with Gasteiger partial charge in [-0.3, -0.25) is 14.9 Å². The summed E-state index contributed by atoms with van der Waals surface area (Å²) in [4.78, 5) is 22.7. The lowest BCUT2D eigenvalue weighted by Gasteiger charge is -2.19. The lowest BCUT2D eigenvalue weighted by molar-refractivity contribution is -0.144. The van der Waals surface area contributed by atoms with Crippen molar-refractivity contribution >= 4 is 11.9 Å². The predicted octanol–water partition coefficient (Wildman–Crippen LogP) is -0.197. The van der Waals surface area contributed by atoms with Gasteiger partial charge < -0.3 is 10.1 Å². The van der Waals surface area contributed by atoms with E-state index < -0.39 is 6.04 Å². The molecule has 0 bridgehead atoms. The molecular formula is C11H19N3O3. The van der Waals surface area contributed by atoms with Gasteiger partial charge >= 0.3 is 5.97 Å². The molecule has 1 atom stereocenters. The van der Waals surface area contributed by atoms with E-state index in [4.69, 9.17) is 5.26 Å². The Labute approximate surface area is 101 Å². The van der Waals surface area contributed by atoms with Crippen LogP contribution in [0.3, 0.4) is 0 Å². The highest BCUT2D eigenvalue weighted by Gasteiger charge is 2.22. The fourth-order valence-corrected chi connectivity index (χ4v) is 1.24. The van der Waals surface area contributed by atoms with Crippen LogP contribution < -0.4 is 10.6 Å². The van der Waals surface area contributed by atoms with E-state index in [0.29, 0.717) is 6.54 Å². The number of carbonyl (C=O) groups excluding carboxylic acids is 2. The topological polar surface area (TPSA) is 91.2 Å². The van der Waals surface area contributed by atoms with Crippen molar-refractivity contribution < 1.29 is 14.3 Å². The van der Waals surface area contributed by atoms with Crippen LogP contribution in [0.4, 0.5) is 0 Å². The summed E-state index contributed by atoms with van der Waals surface area (Å²) >= 11 is 0. The SMILES string of the molecule is COC(=O)C(NCC(=O)NCCC#N)C(C)C. The molecule has 0 aromatic carbocycles. The molecule has 17 heavy (non-hydrogen) atoms. The first kappa shape index (κ1) is 15.4. The lowest BCUT2D eigenvalue weighted by Crippen LogP contribution is -2.46. The van der Waals surface area contributed by atoms with Gasteiger partial charge in [-0.2, -0.15) is 5.26 Å². The minimum atomic E-state index is -0.498. The van der Waals surface area contributed by atoms with Crippen molar-refractivity contribution in [1.29, 1.82) is 5.26 Å². The number of nitrogens with zero attached hydrogens (tertiary/aromatic N) is 1. The predicted molar refractivity (Wildman–Crippen MR) is 61.9 cm³/mol. The number of esters is 1. The summed E-state index contributed by atoms with van der Waals surface area (Å²) in [5.41, 5.74) is 0. The maximum absolute atomic E-state index is 11.4. The molecule has 6 heteroatoms. The lowest BCUT2D eigenvalue weighted by atomic mass is 10.0. The molecule has 0 aliphatic heterocycles. The maximum Gasteiger partial charge on any atom is 0.323 e. The van der Waals surface area contributed by atoms with E-state index >= 15 is 0 Å². The van der Waals surface area contributed by atoms with Gasteiger partial charge in [0.05, 0.1) is 26.1 Å². The summed E-state index contributed by atoms with van der Waals surface area (Å²) in [6.45, 7) is 4.08. The number of rotatable bonds is 7. The second-order valence-corrected chi connectivity index (χ2v) is 3.88. The Bertz CT molecular complexity index is 297. The Hall–Kier alpha value is -1.61. The molecule has 0 aliphatic rings. The molecule has 1 unspecified atom stereocenters. The van der Waals surface area contributed by atoms with Gasteiger partial charge in [-0.25, -0.2) is 0 Å². The van der Waals surface area contributed by atoms with Crippen LogP contribution >= 0.6 is 0 Å². The number of amides is 1. The van der Waals surface area contributed by atoms with Crippen molar-refractivity contribution in [2.24, 2.45) is 5.92 Å². The standard InChI is InChI=1S/C11H19N3O3/c1-8(2)10(11(16)17-3)14-7-9(15)13-6-4-5-12/h8,10,14H,4,6-7H2,1-3H3,(H,13,15). The van der Waals surface area contributed by atoms with Gasteiger partial charge in [0.1, 0.15) is 6.04 Å². The van der Waals surface area contributed by atoms with Gasteiger partial charge in [0.15, 0.2) is 0 Å². The first-order valence-electron chi connectivity index (χ1n) is 5.47. The monoisotopic (exact) mass is 241 g/mol. The van der Waals surface area contributed by atoms with Gasteiger partial charge in [-0.05, 0) is 5.92 Å². The normalized spacial score (nSPS) is 11.7. The highest BCUT2D eigenvalue weighted by Crippen LogP contribution is 2.02. The Kier molecular flexibility index (Phi) is 7.72. The van der Waals surface area contributed by atoms with Crippen LogP contribution in [-0.2, 0) is 14.3 Å². The van der Waals surface area contributed by atoms with Crippen molar-refractivity contribution in [2.75, 3.05) is 20.2 Å². The zero-order valence-electron chi connectivity index (χ0n) is 10.4. The first-order chi connectivity index (χ1) is 8.02. The average molecular weight is 241 g/mol. The minimum Gasteiger partial charge on any atom is -0.468 e. The first-order valence-corrected chi connectivity index (χ1v) is 5.47. The number of ether oxygens (including phenoxy) is 1. The molecule has 0 aliphatic carbocycles. The summed E-state index contributed by atoms with van der Waals surface area (Å²) in [6, 6.07) is 1.43. The molecule has 0 aromatic rings. The van der Waals surface area contributed by atoms with Crippen LogP contribution in [0.2, 0.25) is 0 Å². The molecule has 1 amide bonds. The van der Waals surface area contributed by atoms with Crippen molar-refractivity contribution in [3.05, 3.63) is 0 Å². The largest absolute Gasteiger partial charge is 0.468 e. The maximum atomic E-state index is 11.4. The number of hydrogen-bond donors (Lipinski definition) is 2. The van der Waals surface area contributed by atoms with Crippen LogP contribution in [0.15, 0.2) is 0 Å². The average Bonchev–Trinajstić information content (AvgIpc) is 2.28. The zero-order chi connectivity index (χ0) is 13.3. The highest BCUT2D eigenvalue weighted by molar-refractivity contribution is 5.80. The Balaban J connectivity index is 4.01. The van der Waals surface area contributed by atoms with Crippen molar-refractivity contribution in [1.82, 2.24) is 10.6 Å². The van der Waals surface area contributed by atoms with E-state index in [0.717, 1.165) is 0 Å². The van der Waals surface area contributed by atoms with E-state index in [2.05, 4.69) is 15.4 Å². The quantitative estimate of drug-likeness (QED) is 0.476. The number of methoxy groups -OCH3 is 1. The Morgan fingerprint density at radius 2 is 2.06 bits per heavy atom. The van der Waals surface area contributed by atoms with E-state index in [9.17, 15) is 9.59 Å². The third-order valence-corrected chi connectivity index (χ3v) is 2.16. The van der Waals surface area contributed by atoms with Gasteiger partial charge in [0, 0.05) is 6.54 Å². The van der Waals surface area contributed by atoms with E-state index in [1.165, 1.54) is 7.11 Å². The smallest absolute Gasteiger partial charge is 0.323 e. The second-order valence-electron chi connectivity index (χ2n) is 3.88. The fraction of sp³-hybridized carbons (Fsp3) is 0.727. The number of nitriles is 1. The van der Waals surface area contributed by atoms with Crippen LogP contribution in [0.1, 0.15) is 20.3 Å². The number of carbonyl (C=O) groups is 2. The Morgan fingerprint density at radius 3 is 2.53 bits per heavy atom. The molecule has 0 rings (SSSR count). The van der Waals surface area contributed by atoms with Crippen molar-refractivity contribution in [2.45, 2.75) is 26.3 Å². The highest BCUT2D eigenvalue weighted by atomic mass is 16.5. The third kappa shape index (κ3) is 6.53. The van der Waals surface area contributed by atoms with Gasteiger partial charge in [-0.15, -0.1) is 0 Å². The fourth-order valence-electron chi connectivity index (χ4n) is 1.24. The van der Waals surface area contributed by atoms with Gasteiger partial charge in [0.25, 0.3) is 0 Å². The summed E-state index contributed by atoms with van der Waals surface area (Å²) in [5.74, 6) is -0.589. The summed E-state index contributed by atoms with van der Waals surface area (Å²) in [6.07, 6.45) is 0.274. The van der Waals surface area contributed by atoms with Gasteiger partial charge in [-0.1, -0.05) is 13.8 Å². The van der Waals surface area contributed by atoms with E-state index in [-0.39, 0.29) is 30.8 Å². The third-order valence-electron chi connectivity index (χ3n) is 2.16. The molecule has 0 spiro atoms. The number of hydrogen-bond acceptors (Lipinski definition) is 5. The van der Waals surface area contributed by atoms with Crippen LogP contribution in [0.25, 0.3) is 0 Å². The van der Waals surface area contributed by atoms with Crippen LogP contribution in [0, 0.1) is 17.2 Å².